The average molecular weight is 488 g/mol. The lowest BCUT2D eigenvalue weighted by molar-refractivity contribution is -0.124. The second-order valence-corrected chi connectivity index (χ2v) is 8.66. The number of carbonyl (C=O) groups is 2. The number of anilines is 2. The molecule has 1 aliphatic heterocycles. The van der Waals surface area contributed by atoms with E-state index in [1.807, 2.05) is 72.5 Å². The lowest BCUT2D eigenvalue weighted by Crippen LogP contribution is -2.38. The van der Waals surface area contributed by atoms with Gasteiger partial charge < -0.3 is 15.0 Å². The van der Waals surface area contributed by atoms with Crippen LogP contribution in [-0.2, 0) is 16.0 Å². The van der Waals surface area contributed by atoms with Crippen molar-refractivity contribution in [2.75, 3.05) is 23.4 Å². The first-order valence-corrected chi connectivity index (χ1v) is 12.2. The SMILES string of the molecule is CCOc1ccc(NC(=O)C[C@@H]2C(=O)N(c3ccccc3)C(=S)N2CCCc2ccccc2)cc1. The van der Waals surface area contributed by atoms with Crippen molar-refractivity contribution in [3.8, 4) is 5.75 Å². The van der Waals surface area contributed by atoms with Crippen molar-refractivity contribution >= 4 is 40.5 Å². The Bertz CT molecular complexity index is 1150. The minimum atomic E-state index is -0.652. The molecule has 1 atom stereocenters. The standard InChI is InChI=1S/C28H29N3O3S/c1-2-34-24-17-15-22(16-18-24)29-26(32)20-25-27(33)31(23-13-7-4-8-14-23)28(35)30(25)19-9-12-21-10-5-3-6-11-21/h3-8,10-11,13-18,25H,2,9,12,19-20H2,1H3,(H,29,32)/t25-/m1/s1. The van der Waals surface area contributed by atoms with Crippen molar-refractivity contribution in [3.05, 3.63) is 90.5 Å². The average Bonchev–Trinajstić information content (AvgIpc) is 3.10. The zero-order chi connectivity index (χ0) is 24.6. The molecule has 3 aromatic carbocycles. The summed E-state index contributed by atoms with van der Waals surface area (Å²) in [5, 5.41) is 3.33. The number of nitrogens with one attached hydrogen (secondary N) is 1. The number of ether oxygens (including phenoxy) is 1. The molecule has 4 rings (SSSR count). The summed E-state index contributed by atoms with van der Waals surface area (Å²) in [5.41, 5.74) is 2.60. The van der Waals surface area contributed by atoms with E-state index in [9.17, 15) is 9.59 Å². The smallest absolute Gasteiger partial charge is 0.256 e. The molecular formula is C28H29N3O3S. The Morgan fingerprint density at radius 1 is 0.971 bits per heavy atom. The number of hydrogen-bond donors (Lipinski definition) is 1. The van der Waals surface area contributed by atoms with Gasteiger partial charge in [-0.05, 0) is 73.9 Å². The van der Waals surface area contributed by atoms with E-state index in [1.165, 1.54) is 5.56 Å². The van der Waals surface area contributed by atoms with Crippen LogP contribution >= 0.6 is 12.2 Å². The van der Waals surface area contributed by atoms with E-state index in [-0.39, 0.29) is 18.2 Å². The Kier molecular flexibility index (Phi) is 8.11. The number of amides is 2. The molecule has 180 valence electrons. The fourth-order valence-corrected chi connectivity index (χ4v) is 4.60. The molecule has 0 aromatic heterocycles. The first-order valence-electron chi connectivity index (χ1n) is 11.8. The van der Waals surface area contributed by atoms with E-state index in [2.05, 4.69) is 17.4 Å². The van der Waals surface area contributed by atoms with Crippen LogP contribution in [0, 0.1) is 0 Å². The number of benzene rings is 3. The van der Waals surface area contributed by atoms with Crippen LogP contribution in [-0.4, -0.2) is 41.0 Å². The summed E-state index contributed by atoms with van der Waals surface area (Å²) >= 11 is 5.74. The van der Waals surface area contributed by atoms with Gasteiger partial charge in [0, 0.05) is 12.2 Å². The van der Waals surface area contributed by atoms with E-state index in [4.69, 9.17) is 17.0 Å². The number of rotatable bonds is 10. The highest BCUT2D eigenvalue weighted by atomic mass is 32.1. The Balaban J connectivity index is 1.47. The number of nitrogens with zero attached hydrogens (tertiary/aromatic N) is 2. The molecule has 1 heterocycles. The van der Waals surface area contributed by atoms with Gasteiger partial charge in [0.05, 0.1) is 18.7 Å². The highest BCUT2D eigenvalue weighted by Gasteiger charge is 2.43. The molecule has 1 aliphatic rings. The molecule has 7 heteroatoms. The summed E-state index contributed by atoms with van der Waals surface area (Å²) in [4.78, 5) is 29.8. The second kappa shape index (κ2) is 11.6. The molecule has 6 nitrogen and oxygen atoms in total. The van der Waals surface area contributed by atoms with Gasteiger partial charge in [-0.1, -0.05) is 48.5 Å². The van der Waals surface area contributed by atoms with Gasteiger partial charge in [-0.3, -0.25) is 14.5 Å². The van der Waals surface area contributed by atoms with Gasteiger partial charge in [0.25, 0.3) is 5.91 Å². The maximum Gasteiger partial charge on any atom is 0.256 e. The summed E-state index contributed by atoms with van der Waals surface area (Å²) in [7, 11) is 0. The van der Waals surface area contributed by atoms with Crippen molar-refractivity contribution in [1.82, 2.24) is 4.90 Å². The molecule has 35 heavy (non-hydrogen) atoms. The normalized spacial score (nSPS) is 15.4. The van der Waals surface area contributed by atoms with Crippen LogP contribution in [0.2, 0.25) is 0 Å². The fourth-order valence-electron chi connectivity index (χ4n) is 4.19. The van der Waals surface area contributed by atoms with Gasteiger partial charge >= 0.3 is 0 Å². The van der Waals surface area contributed by atoms with Crippen molar-refractivity contribution in [1.29, 1.82) is 0 Å². The molecule has 1 saturated heterocycles. The Labute approximate surface area is 211 Å². The Morgan fingerprint density at radius 3 is 2.29 bits per heavy atom. The number of thiocarbonyl (C=S) groups is 1. The zero-order valence-electron chi connectivity index (χ0n) is 19.7. The van der Waals surface area contributed by atoms with Gasteiger partial charge in [0.1, 0.15) is 11.8 Å². The van der Waals surface area contributed by atoms with Crippen LogP contribution in [0.5, 0.6) is 5.75 Å². The van der Waals surface area contributed by atoms with Crippen molar-refractivity contribution in [2.24, 2.45) is 0 Å². The van der Waals surface area contributed by atoms with E-state index in [0.717, 1.165) is 18.6 Å². The number of hydrogen-bond acceptors (Lipinski definition) is 4. The fraction of sp³-hybridized carbons (Fsp3) is 0.250. The van der Waals surface area contributed by atoms with Crippen LogP contribution < -0.4 is 15.0 Å². The van der Waals surface area contributed by atoms with E-state index >= 15 is 0 Å². The topological polar surface area (TPSA) is 61.9 Å². The van der Waals surface area contributed by atoms with Crippen molar-refractivity contribution in [2.45, 2.75) is 32.2 Å². The van der Waals surface area contributed by atoms with Crippen LogP contribution in [0.4, 0.5) is 11.4 Å². The summed E-state index contributed by atoms with van der Waals surface area (Å²) in [6, 6.07) is 26.1. The predicted octanol–water partition coefficient (Wildman–Crippen LogP) is 5.05. The maximum atomic E-state index is 13.5. The predicted molar refractivity (Wildman–Crippen MR) is 143 cm³/mol. The number of carbonyl (C=O) groups excluding carboxylic acids is 2. The van der Waals surface area contributed by atoms with Crippen LogP contribution in [0.1, 0.15) is 25.3 Å². The van der Waals surface area contributed by atoms with Gasteiger partial charge in [-0.25, -0.2) is 0 Å². The number of para-hydroxylation sites is 1. The molecular weight excluding hydrogens is 458 g/mol. The Morgan fingerprint density at radius 2 is 1.63 bits per heavy atom. The van der Waals surface area contributed by atoms with E-state index < -0.39 is 6.04 Å². The quantitative estimate of drug-likeness (QED) is 0.406. The molecule has 0 saturated carbocycles. The molecule has 2 amide bonds. The van der Waals surface area contributed by atoms with Crippen molar-refractivity contribution < 1.29 is 14.3 Å². The van der Waals surface area contributed by atoms with Crippen LogP contribution in [0.3, 0.4) is 0 Å². The maximum absolute atomic E-state index is 13.5. The highest BCUT2D eigenvalue weighted by Crippen LogP contribution is 2.28. The summed E-state index contributed by atoms with van der Waals surface area (Å²) in [5.74, 6) is 0.325. The first-order chi connectivity index (χ1) is 17.1. The van der Waals surface area contributed by atoms with Crippen LogP contribution in [0.15, 0.2) is 84.9 Å². The monoisotopic (exact) mass is 487 g/mol. The number of aryl methyl sites for hydroxylation is 1. The summed E-state index contributed by atoms with van der Waals surface area (Å²) < 4.78 is 5.45. The lowest BCUT2D eigenvalue weighted by atomic mass is 10.1. The summed E-state index contributed by atoms with van der Waals surface area (Å²) in [6.45, 7) is 3.08. The Hall–Kier alpha value is -3.71. The molecule has 0 radical (unpaired) electrons. The third-order valence-electron chi connectivity index (χ3n) is 5.87. The molecule has 0 aliphatic carbocycles. The summed E-state index contributed by atoms with van der Waals surface area (Å²) in [6.07, 6.45) is 1.70. The van der Waals surface area contributed by atoms with Gasteiger partial charge in [-0.15, -0.1) is 0 Å². The first kappa shape index (κ1) is 24.4. The molecule has 1 N–H and O–H groups in total. The molecule has 0 spiro atoms. The molecule has 3 aromatic rings. The lowest BCUT2D eigenvalue weighted by Gasteiger charge is -2.24. The minimum absolute atomic E-state index is 0.0147. The van der Waals surface area contributed by atoms with Crippen molar-refractivity contribution in [3.63, 3.8) is 0 Å². The van der Waals surface area contributed by atoms with Gasteiger partial charge in [0.2, 0.25) is 5.91 Å². The minimum Gasteiger partial charge on any atom is -0.494 e. The van der Waals surface area contributed by atoms with Gasteiger partial charge in [0.15, 0.2) is 5.11 Å². The van der Waals surface area contributed by atoms with E-state index in [0.29, 0.717) is 29.6 Å². The van der Waals surface area contributed by atoms with E-state index in [1.54, 1.807) is 17.0 Å². The van der Waals surface area contributed by atoms with Crippen LogP contribution in [0.25, 0.3) is 0 Å². The third-order valence-corrected chi connectivity index (χ3v) is 6.29. The third kappa shape index (κ3) is 6.05. The molecule has 0 unspecified atom stereocenters. The zero-order valence-corrected chi connectivity index (χ0v) is 20.5. The largest absolute Gasteiger partial charge is 0.494 e. The molecule has 1 fully saturated rings. The van der Waals surface area contributed by atoms with Gasteiger partial charge in [-0.2, -0.15) is 0 Å². The molecule has 0 bridgehead atoms. The highest BCUT2D eigenvalue weighted by molar-refractivity contribution is 7.80. The second-order valence-electron chi connectivity index (χ2n) is 8.30.